The highest BCUT2D eigenvalue weighted by molar-refractivity contribution is 7.13. The molecule has 1 aromatic heterocycles. The minimum Gasteiger partial charge on any atom is -0.352 e. The van der Waals surface area contributed by atoms with Gasteiger partial charge in [-0.15, -0.1) is 11.3 Å². The van der Waals surface area contributed by atoms with Crippen LogP contribution < -0.4 is 10.6 Å². The zero-order valence-electron chi connectivity index (χ0n) is 16.7. The van der Waals surface area contributed by atoms with E-state index in [4.69, 9.17) is 0 Å². The number of rotatable bonds is 6. The number of thiophene rings is 1. The summed E-state index contributed by atoms with van der Waals surface area (Å²) in [6.45, 7) is 7.18. The molecule has 7 nitrogen and oxygen atoms in total. The maximum Gasteiger partial charge on any atom is 0.264 e. The molecule has 2 aromatic rings. The van der Waals surface area contributed by atoms with Crippen LogP contribution in [0.25, 0.3) is 0 Å². The van der Waals surface area contributed by atoms with E-state index in [1.807, 2.05) is 35.8 Å². The second-order valence-corrected chi connectivity index (χ2v) is 8.25. The molecule has 0 radical (unpaired) electrons. The molecular formula is C21H26N4O3S. The summed E-state index contributed by atoms with van der Waals surface area (Å²) in [4.78, 5) is 42.6. The van der Waals surface area contributed by atoms with Crippen LogP contribution >= 0.6 is 11.3 Å². The molecule has 0 aliphatic carbocycles. The lowest BCUT2D eigenvalue weighted by molar-refractivity contribution is -0.117. The lowest BCUT2D eigenvalue weighted by Gasteiger charge is -2.34. The van der Waals surface area contributed by atoms with Crippen LogP contribution in [-0.4, -0.2) is 66.8 Å². The first kappa shape index (κ1) is 21.0. The molecular weight excluding hydrogens is 388 g/mol. The van der Waals surface area contributed by atoms with Crippen molar-refractivity contribution in [1.29, 1.82) is 0 Å². The standard InChI is InChI=1S/C21H26N4O3S/c1-3-22-20(27)16-5-4-6-17(13-16)23-19(26)14-24-9-11-25(12-10-24)21(28)18-8-7-15(2)29-18/h4-8,13H,3,9-12,14H2,1-2H3,(H,22,27)(H,23,26). The van der Waals surface area contributed by atoms with Crippen LogP contribution in [0.2, 0.25) is 0 Å². The molecule has 0 spiro atoms. The van der Waals surface area contributed by atoms with Gasteiger partial charge in [-0.1, -0.05) is 6.07 Å². The fraction of sp³-hybridized carbons (Fsp3) is 0.381. The third-order valence-corrected chi connectivity index (χ3v) is 5.71. The molecule has 3 rings (SSSR count). The number of benzene rings is 1. The van der Waals surface area contributed by atoms with Gasteiger partial charge in [0.05, 0.1) is 11.4 Å². The first-order valence-electron chi connectivity index (χ1n) is 9.72. The largest absolute Gasteiger partial charge is 0.352 e. The molecule has 1 saturated heterocycles. The van der Waals surface area contributed by atoms with Crippen LogP contribution in [0.5, 0.6) is 0 Å². The number of nitrogens with zero attached hydrogens (tertiary/aromatic N) is 2. The van der Waals surface area contributed by atoms with Crippen molar-refractivity contribution in [3.8, 4) is 0 Å². The Labute approximate surface area is 174 Å². The van der Waals surface area contributed by atoms with E-state index in [1.54, 1.807) is 24.3 Å². The second kappa shape index (κ2) is 9.67. The average molecular weight is 415 g/mol. The highest BCUT2D eigenvalue weighted by Crippen LogP contribution is 2.18. The first-order chi connectivity index (χ1) is 14.0. The number of carbonyl (C=O) groups excluding carboxylic acids is 3. The van der Waals surface area contributed by atoms with E-state index in [1.165, 1.54) is 11.3 Å². The number of anilines is 1. The van der Waals surface area contributed by atoms with Crippen molar-refractivity contribution < 1.29 is 14.4 Å². The van der Waals surface area contributed by atoms with Gasteiger partial charge in [-0.25, -0.2) is 0 Å². The van der Waals surface area contributed by atoms with Gasteiger partial charge in [-0.2, -0.15) is 0 Å². The third kappa shape index (κ3) is 5.65. The number of nitrogens with one attached hydrogen (secondary N) is 2. The molecule has 2 N–H and O–H groups in total. The van der Waals surface area contributed by atoms with Crippen LogP contribution in [0.3, 0.4) is 0 Å². The van der Waals surface area contributed by atoms with E-state index in [9.17, 15) is 14.4 Å². The number of amides is 3. The Morgan fingerprint density at radius 1 is 1.07 bits per heavy atom. The predicted molar refractivity (Wildman–Crippen MR) is 114 cm³/mol. The van der Waals surface area contributed by atoms with E-state index < -0.39 is 0 Å². The molecule has 0 unspecified atom stereocenters. The molecule has 3 amide bonds. The van der Waals surface area contributed by atoms with Crippen LogP contribution in [0.1, 0.15) is 31.8 Å². The van der Waals surface area contributed by atoms with Gasteiger partial charge in [-0.3, -0.25) is 19.3 Å². The number of hydrogen-bond acceptors (Lipinski definition) is 5. The molecule has 0 saturated carbocycles. The van der Waals surface area contributed by atoms with Crippen molar-refractivity contribution >= 4 is 34.7 Å². The number of hydrogen-bond donors (Lipinski definition) is 2. The lowest BCUT2D eigenvalue weighted by Crippen LogP contribution is -2.50. The minimum atomic E-state index is -0.162. The van der Waals surface area contributed by atoms with Gasteiger partial charge in [0.2, 0.25) is 5.91 Å². The molecule has 29 heavy (non-hydrogen) atoms. The Balaban J connectivity index is 1.48. The highest BCUT2D eigenvalue weighted by atomic mass is 32.1. The lowest BCUT2D eigenvalue weighted by atomic mass is 10.2. The number of aryl methyl sites for hydroxylation is 1. The SMILES string of the molecule is CCNC(=O)c1cccc(NC(=O)CN2CCN(C(=O)c3ccc(C)s3)CC2)c1. The van der Waals surface area contributed by atoms with Gasteiger partial charge in [0.15, 0.2) is 0 Å². The summed E-state index contributed by atoms with van der Waals surface area (Å²) < 4.78 is 0. The third-order valence-electron chi connectivity index (χ3n) is 4.72. The van der Waals surface area contributed by atoms with Crippen LogP contribution in [0, 0.1) is 6.92 Å². The smallest absolute Gasteiger partial charge is 0.264 e. The van der Waals surface area contributed by atoms with E-state index in [0.29, 0.717) is 44.0 Å². The molecule has 1 aliphatic rings. The molecule has 1 aliphatic heterocycles. The van der Waals surface area contributed by atoms with Gasteiger partial charge < -0.3 is 15.5 Å². The summed E-state index contributed by atoms with van der Waals surface area (Å²) in [5, 5.41) is 5.59. The second-order valence-electron chi connectivity index (χ2n) is 6.97. The summed E-state index contributed by atoms with van der Waals surface area (Å²) in [7, 11) is 0. The Bertz CT molecular complexity index is 888. The van der Waals surface area contributed by atoms with Crippen LogP contribution in [0.15, 0.2) is 36.4 Å². The summed E-state index contributed by atoms with van der Waals surface area (Å²) in [5.41, 5.74) is 1.11. The highest BCUT2D eigenvalue weighted by Gasteiger charge is 2.24. The Morgan fingerprint density at radius 3 is 2.48 bits per heavy atom. The topological polar surface area (TPSA) is 81.8 Å². The van der Waals surface area contributed by atoms with Crippen LogP contribution in [0.4, 0.5) is 5.69 Å². The van der Waals surface area contributed by atoms with Crippen molar-refractivity contribution in [1.82, 2.24) is 15.1 Å². The zero-order chi connectivity index (χ0) is 20.8. The Hall–Kier alpha value is -2.71. The van der Waals surface area contributed by atoms with E-state index >= 15 is 0 Å². The summed E-state index contributed by atoms with van der Waals surface area (Å²) in [6.07, 6.45) is 0. The normalized spacial score (nSPS) is 14.5. The predicted octanol–water partition coefficient (Wildman–Crippen LogP) is 2.20. The average Bonchev–Trinajstić information content (AvgIpc) is 3.14. The van der Waals surface area contributed by atoms with Crippen molar-refractivity contribution in [2.24, 2.45) is 0 Å². The quantitative estimate of drug-likeness (QED) is 0.759. The fourth-order valence-corrected chi connectivity index (χ4v) is 4.05. The number of piperazine rings is 1. The van der Waals surface area contributed by atoms with Crippen molar-refractivity contribution in [2.75, 3.05) is 44.6 Å². The van der Waals surface area contributed by atoms with E-state index in [-0.39, 0.29) is 24.3 Å². The van der Waals surface area contributed by atoms with Gasteiger partial charge in [-0.05, 0) is 44.2 Å². The first-order valence-corrected chi connectivity index (χ1v) is 10.5. The van der Waals surface area contributed by atoms with Gasteiger partial charge in [0, 0.05) is 48.9 Å². The molecule has 154 valence electrons. The van der Waals surface area contributed by atoms with Crippen molar-refractivity contribution in [3.05, 3.63) is 51.7 Å². The van der Waals surface area contributed by atoms with Crippen molar-refractivity contribution in [2.45, 2.75) is 13.8 Å². The van der Waals surface area contributed by atoms with E-state index in [2.05, 4.69) is 10.6 Å². The summed E-state index contributed by atoms with van der Waals surface area (Å²) in [6, 6.07) is 10.7. The van der Waals surface area contributed by atoms with Gasteiger partial charge in [0.1, 0.15) is 0 Å². The van der Waals surface area contributed by atoms with E-state index in [0.717, 1.165) is 9.75 Å². The van der Waals surface area contributed by atoms with Crippen molar-refractivity contribution in [3.63, 3.8) is 0 Å². The van der Waals surface area contributed by atoms with Crippen LogP contribution in [-0.2, 0) is 4.79 Å². The van der Waals surface area contributed by atoms with Gasteiger partial charge in [0.25, 0.3) is 11.8 Å². The molecule has 0 atom stereocenters. The fourth-order valence-electron chi connectivity index (χ4n) is 3.22. The monoisotopic (exact) mass is 414 g/mol. The molecule has 0 bridgehead atoms. The number of carbonyl (C=O) groups is 3. The van der Waals surface area contributed by atoms with Gasteiger partial charge >= 0.3 is 0 Å². The Kier molecular flexibility index (Phi) is 7.00. The molecule has 1 aromatic carbocycles. The molecule has 1 fully saturated rings. The Morgan fingerprint density at radius 2 is 1.83 bits per heavy atom. The summed E-state index contributed by atoms with van der Waals surface area (Å²) in [5.74, 6) is -0.230. The minimum absolute atomic E-state index is 0.0642. The molecule has 8 heteroatoms. The maximum absolute atomic E-state index is 12.5. The maximum atomic E-state index is 12.5. The molecule has 2 heterocycles. The zero-order valence-corrected chi connectivity index (χ0v) is 17.6. The summed E-state index contributed by atoms with van der Waals surface area (Å²) >= 11 is 1.51.